The van der Waals surface area contributed by atoms with Gasteiger partial charge in [-0.15, -0.1) is 11.3 Å². The number of benzene rings is 1. The van der Waals surface area contributed by atoms with Crippen molar-refractivity contribution >= 4 is 17.3 Å². The van der Waals surface area contributed by atoms with Crippen molar-refractivity contribution in [2.75, 3.05) is 7.05 Å². The molecule has 0 amide bonds. The van der Waals surface area contributed by atoms with Gasteiger partial charge in [0.15, 0.2) is 17.5 Å². The maximum atomic E-state index is 13.3. The van der Waals surface area contributed by atoms with Gasteiger partial charge in [0.05, 0.1) is 12.2 Å². The van der Waals surface area contributed by atoms with Crippen LogP contribution in [0.2, 0.25) is 0 Å². The van der Waals surface area contributed by atoms with Crippen LogP contribution in [0.1, 0.15) is 21.1 Å². The van der Waals surface area contributed by atoms with Crippen LogP contribution in [0, 0.1) is 19.7 Å². The Bertz CT molecular complexity index is 665. The summed E-state index contributed by atoms with van der Waals surface area (Å²) in [5.74, 6) is -0.365. The van der Waals surface area contributed by atoms with E-state index in [-0.39, 0.29) is 5.75 Å². The van der Waals surface area contributed by atoms with Gasteiger partial charge in [-0.1, -0.05) is 6.07 Å². The molecule has 0 aliphatic rings. The molecule has 1 heterocycles. The highest BCUT2D eigenvalue weighted by Gasteiger charge is 2.06. The predicted octanol–water partition coefficient (Wildman–Crippen LogP) is 2.47. The van der Waals surface area contributed by atoms with Gasteiger partial charge in [0.25, 0.3) is 0 Å². The quantitative estimate of drug-likeness (QED) is 0.597. The second-order valence-electron chi connectivity index (χ2n) is 4.81. The summed E-state index contributed by atoms with van der Waals surface area (Å²) in [5.41, 5.74) is 1.77. The van der Waals surface area contributed by atoms with Crippen molar-refractivity contribution in [3.63, 3.8) is 0 Å². The van der Waals surface area contributed by atoms with E-state index >= 15 is 0 Å². The van der Waals surface area contributed by atoms with E-state index in [0.29, 0.717) is 19.0 Å². The lowest BCUT2D eigenvalue weighted by atomic mass is 10.2. The maximum absolute atomic E-state index is 13.3. The molecule has 0 radical (unpaired) electrons. The minimum atomic E-state index is -0.629. The number of hydrogen-bond donors (Lipinski definition) is 3. The lowest BCUT2D eigenvalue weighted by molar-refractivity contribution is 0.431. The number of phenols is 1. The molecule has 0 atom stereocenters. The number of aliphatic imine (C=N–C) groups is 1. The van der Waals surface area contributed by atoms with Crippen molar-refractivity contribution in [2.24, 2.45) is 4.99 Å². The number of aromatic nitrogens is 1. The molecule has 3 N–H and O–H groups in total. The van der Waals surface area contributed by atoms with Crippen molar-refractivity contribution in [1.82, 2.24) is 15.6 Å². The summed E-state index contributed by atoms with van der Waals surface area (Å²) in [6, 6.07) is 4.29. The highest BCUT2D eigenvalue weighted by molar-refractivity contribution is 7.11. The summed E-state index contributed by atoms with van der Waals surface area (Å²) in [4.78, 5) is 9.78. The molecule has 0 aliphatic carbocycles. The molecule has 0 saturated heterocycles. The van der Waals surface area contributed by atoms with Crippen molar-refractivity contribution < 1.29 is 9.50 Å². The van der Waals surface area contributed by atoms with E-state index in [1.807, 2.05) is 13.8 Å². The molecule has 2 rings (SSSR count). The minimum Gasteiger partial charge on any atom is -0.505 e. The van der Waals surface area contributed by atoms with Gasteiger partial charge < -0.3 is 15.7 Å². The van der Waals surface area contributed by atoms with Gasteiger partial charge in [-0.3, -0.25) is 4.99 Å². The second kappa shape index (κ2) is 7.22. The van der Waals surface area contributed by atoms with Crippen LogP contribution in [0.4, 0.5) is 4.39 Å². The molecule has 0 unspecified atom stereocenters. The molecule has 22 heavy (non-hydrogen) atoms. The Morgan fingerprint density at radius 2 is 2.05 bits per heavy atom. The van der Waals surface area contributed by atoms with E-state index in [0.717, 1.165) is 16.3 Å². The Morgan fingerprint density at radius 1 is 1.32 bits per heavy atom. The number of aryl methyl sites for hydroxylation is 2. The lowest BCUT2D eigenvalue weighted by Gasteiger charge is -2.11. The Balaban J connectivity index is 1.88. The zero-order valence-electron chi connectivity index (χ0n) is 12.8. The molecule has 0 bridgehead atoms. The predicted molar refractivity (Wildman–Crippen MR) is 86.7 cm³/mol. The molecule has 7 heteroatoms. The molecular formula is C15H19FN4OS. The molecule has 1 aromatic heterocycles. The monoisotopic (exact) mass is 322 g/mol. The highest BCUT2D eigenvalue weighted by atomic mass is 32.1. The Labute approximate surface area is 132 Å². The summed E-state index contributed by atoms with van der Waals surface area (Å²) in [5, 5.41) is 16.4. The summed E-state index contributed by atoms with van der Waals surface area (Å²) < 4.78 is 13.3. The number of hydrogen-bond acceptors (Lipinski definition) is 4. The fourth-order valence-corrected chi connectivity index (χ4v) is 2.71. The van der Waals surface area contributed by atoms with E-state index in [1.54, 1.807) is 24.5 Å². The van der Waals surface area contributed by atoms with Crippen molar-refractivity contribution in [1.29, 1.82) is 0 Å². The number of nitrogens with one attached hydrogen (secondary N) is 2. The number of nitrogens with zero attached hydrogens (tertiary/aromatic N) is 2. The highest BCUT2D eigenvalue weighted by Crippen LogP contribution is 2.16. The first-order chi connectivity index (χ1) is 10.5. The smallest absolute Gasteiger partial charge is 0.191 e. The van der Waals surface area contributed by atoms with Gasteiger partial charge in [-0.25, -0.2) is 9.37 Å². The number of aromatic hydroxyl groups is 1. The van der Waals surface area contributed by atoms with E-state index in [1.165, 1.54) is 17.0 Å². The van der Waals surface area contributed by atoms with Gasteiger partial charge in [0.1, 0.15) is 5.01 Å². The number of rotatable bonds is 4. The van der Waals surface area contributed by atoms with Crippen LogP contribution in [0.5, 0.6) is 5.75 Å². The lowest BCUT2D eigenvalue weighted by Crippen LogP contribution is -2.36. The van der Waals surface area contributed by atoms with E-state index in [9.17, 15) is 4.39 Å². The van der Waals surface area contributed by atoms with Gasteiger partial charge in [0, 0.05) is 18.5 Å². The molecule has 0 aliphatic heterocycles. The second-order valence-corrected chi connectivity index (χ2v) is 6.10. The molecule has 2 aromatic rings. The van der Waals surface area contributed by atoms with Gasteiger partial charge in [0.2, 0.25) is 0 Å². The molecule has 1 aromatic carbocycles. The third kappa shape index (κ3) is 4.17. The van der Waals surface area contributed by atoms with Crippen LogP contribution in [0.15, 0.2) is 23.2 Å². The van der Waals surface area contributed by atoms with Crippen LogP contribution in [-0.2, 0) is 13.1 Å². The molecular weight excluding hydrogens is 303 g/mol. The summed E-state index contributed by atoms with van der Waals surface area (Å²) in [6.07, 6.45) is 0. The topological polar surface area (TPSA) is 69.5 Å². The van der Waals surface area contributed by atoms with Gasteiger partial charge in [-0.2, -0.15) is 0 Å². The third-order valence-corrected chi connectivity index (χ3v) is 4.25. The molecule has 0 saturated carbocycles. The molecule has 5 nitrogen and oxygen atoms in total. The standard InChI is InChI=1S/C15H19FN4OS/c1-9-10(2)22-14(20-9)8-19-15(17-3)18-7-11-4-5-13(21)12(16)6-11/h4-6,21H,7-8H2,1-3H3,(H2,17,18,19). The first kappa shape index (κ1) is 16.2. The fourth-order valence-electron chi connectivity index (χ4n) is 1.84. The Hall–Kier alpha value is -2.15. The Kier molecular flexibility index (Phi) is 5.32. The van der Waals surface area contributed by atoms with Crippen LogP contribution in [-0.4, -0.2) is 23.1 Å². The zero-order valence-corrected chi connectivity index (χ0v) is 13.6. The van der Waals surface area contributed by atoms with Crippen molar-refractivity contribution in [3.8, 4) is 5.75 Å². The van der Waals surface area contributed by atoms with Gasteiger partial charge >= 0.3 is 0 Å². The number of phenolic OH excluding ortho intramolecular Hbond substituents is 1. The zero-order chi connectivity index (χ0) is 16.1. The molecule has 0 fully saturated rings. The summed E-state index contributed by atoms with van der Waals surface area (Å²) >= 11 is 1.65. The maximum Gasteiger partial charge on any atom is 0.191 e. The molecule has 118 valence electrons. The third-order valence-electron chi connectivity index (χ3n) is 3.18. The summed E-state index contributed by atoms with van der Waals surface area (Å²) in [7, 11) is 1.67. The average Bonchev–Trinajstić information content (AvgIpc) is 2.81. The largest absolute Gasteiger partial charge is 0.505 e. The molecule has 0 spiro atoms. The van der Waals surface area contributed by atoms with Crippen molar-refractivity contribution in [3.05, 3.63) is 45.2 Å². The fraction of sp³-hybridized carbons (Fsp3) is 0.333. The van der Waals surface area contributed by atoms with Gasteiger partial charge in [-0.05, 0) is 31.5 Å². The van der Waals surface area contributed by atoms with E-state index < -0.39 is 5.82 Å². The minimum absolute atomic E-state index is 0.347. The Morgan fingerprint density at radius 3 is 2.64 bits per heavy atom. The van der Waals surface area contributed by atoms with Crippen LogP contribution < -0.4 is 10.6 Å². The van der Waals surface area contributed by atoms with Crippen LogP contribution in [0.3, 0.4) is 0 Å². The first-order valence-electron chi connectivity index (χ1n) is 6.84. The summed E-state index contributed by atoms with van der Waals surface area (Å²) in [6.45, 7) is 5.03. The number of guanidine groups is 1. The van der Waals surface area contributed by atoms with Crippen LogP contribution in [0.25, 0.3) is 0 Å². The number of halogens is 1. The van der Waals surface area contributed by atoms with E-state index in [4.69, 9.17) is 5.11 Å². The van der Waals surface area contributed by atoms with E-state index in [2.05, 4.69) is 20.6 Å². The van der Waals surface area contributed by atoms with Crippen molar-refractivity contribution in [2.45, 2.75) is 26.9 Å². The average molecular weight is 322 g/mol. The first-order valence-corrected chi connectivity index (χ1v) is 7.66. The normalized spacial score (nSPS) is 11.5. The van der Waals surface area contributed by atoms with Crippen LogP contribution >= 0.6 is 11.3 Å². The SMILES string of the molecule is CN=C(NCc1ccc(O)c(F)c1)NCc1nc(C)c(C)s1. The number of thiazole rings is 1.